The number of aromatic nitrogens is 3. The van der Waals surface area contributed by atoms with E-state index in [1.807, 2.05) is 50.4 Å². The lowest BCUT2D eigenvalue weighted by Crippen LogP contribution is -2.56. The number of ketones is 1. The normalized spacial score (nSPS) is 15.5. The Morgan fingerprint density at radius 2 is 1.80 bits per heavy atom. The summed E-state index contributed by atoms with van der Waals surface area (Å²) in [5.74, 6) is -1.27. The lowest BCUT2D eigenvalue weighted by molar-refractivity contribution is -0.130. The SMILES string of the molecule is CC.CC1CN(C(=O)c2ccccc2)CCN1C(=O)C(=O)c1c[nH]c2c(-c3nccs3)ccnc12. The third kappa shape index (κ3) is 4.72. The van der Waals surface area contributed by atoms with Crippen LogP contribution in [0.25, 0.3) is 21.6 Å². The van der Waals surface area contributed by atoms with Crippen molar-refractivity contribution in [2.45, 2.75) is 26.8 Å². The number of pyridine rings is 1. The second kappa shape index (κ2) is 10.6. The second-order valence-electron chi connectivity index (χ2n) is 7.92. The fourth-order valence-corrected chi connectivity index (χ4v) is 4.85. The van der Waals surface area contributed by atoms with Crippen molar-refractivity contribution in [1.29, 1.82) is 0 Å². The van der Waals surface area contributed by atoms with Crippen LogP contribution in [0.4, 0.5) is 0 Å². The van der Waals surface area contributed by atoms with Gasteiger partial charge in [0.15, 0.2) is 0 Å². The predicted octanol–water partition coefficient (Wildman–Crippen LogP) is 4.27. The molecular formula is C26H27N5O3S. The monoisotopic (exact) mass is 489 g/mol. The molecule has 1 saturated heterocycles. The minimum absolute atomic E-state index is 0.0728. The second-order valence-corrected chi connectivity index (χ2v) is 8.81. The van der Waals surface area contributed by atoms with Crippen LogP contribution >= 0.6 is 11.3 Å². The molecule has 4 heterocycles. The first-order valence-corrected chi connectivity index (χ1v) is 12.5. The summed E-state index contributed by atoms with van der Waals surface area (Å²) in [4.78, 5) is 54.1. The van der Waals surface area contributed by atoms with Gasteiger partial charge in [0.1, 0.15) is 5.01 Å². The van der Waals surface area contributed by atoms with Gasteiger partial charge in [0.25, 0.3) is 17.6 Å². The van der Waals surface area contributed by atoms with Crippen LogP contribution in [0.1, 0.15) is 41.5 Å². The summed E-state index contributed by atoms with van der Waals surface area (Å²) in [6.07, 6.45) is 4.87. The van der Waals surface area contributed by atoms with Gasteiger partial charge in [0.05, 0.1) is 16.6 Å². The average Bonchev–Trinajstić information content (AvgIpc) is 3.59. The summed E-state index contributed by atoms with van der Waals surface area (Å²) >= 11 is 1.49. The van der Waals surface area contributed by atoms with Crippen LogP contribution in [0.2, 0.25) is 0 Å². The van der Waals surface area contributed by atoms with Gasteiger partial charge in [-0.25, -0.2) is 4.98 Å². The highest BCUT2D eigenvalue weighted by Crippen LogP contribution is 2.30. The number of aromatic amines is 1. The number of nitrogens with zero attached hydrogens (tertiary/aromatic N) is 4. The van der Waals surface area contributed by atoms with E-state index < -0.39 is 11.7 Å². The van der Waals surface area contributed by atoms with Gasteiger partial charge in [-0.1, -0.05) is 32.0 Å². The summed E-state index contributed by atoms with van der Waals surface area (Å²) in [7, 11) is 0. The molecule has 8 nitrogen and oxygen atoms in total. The zero-order chi connectivity index (χ0) is 24.9. The summed E-state index contributed by atoms with van der Waals surface area (Å²) in [5.41, 5.74) is 2.81. The number of hydrogen-bond acceptors (Lipinski definition) is 6. The third-order valence-electron chi connectivity index (χ3n) is 5.86. The van der Waals surface area contributed by atoms with Crippen molar-refractivity contribution in [3.8, 4) is 10.6 Å². The first-order chi connectivity index (χ1) is 17.0. The number of hydrogen-bond donors (Lipinski definition) is 1. The number of amides is 2. The van der Waals surface area contributed by atoms with Crippen molar-refractivity contribution >= 4 is 40.0 Å². The maximum atomic E-state index is 13.2. The fraction of sp³-hybridized carbons (Fsp3) is 0.269. The lowest BCUT2D eigenvalue weighted by Gasteiger charge is -2.39. The molecule has 1 aliphatic rings. The standard InChI is InChI=1S/C24H21N5O3S.C2H6/c1-15-14-28(23(31)16-5-3-2-4-6-16)10-11-29(15)24(32)21(30)18-13-27-19-17(7-8-25-20(18)19)22-26-9-12-33-22;1-2/h2-9,12-13,15,27H,10-11,14H2,1H3;1-2H3. The van der Waals surface area contributed by atoms with Gasteiger partial charge in [-0.15, -0.1) is 11.3 Å². The Bertz CT molecular complexity index is 1330. The summed E-state index contributed by atoms with van der Waals surface area (Å²) in [6, 6.07) is 10.6. The molecule has 0 aliphatic carbocycles. The Hall–Kier alpha value is -3.85. The first kappa shape index (κ1) is 24.3. The number of fused-ring (bicyclic) bond motifs is 1. The van der Waals surface area contributed by atoms with Gasteiger partial charge in [0.2, 0.25) is 0 Å². The Morgan fingerprint density at radius 3 is 2.49 bits per heavy atom. The molecule has 9 heteroatoms. The zero-order valence-electron chi connectivity index (χ0n) is 19.9. The highest BCUT2D eigenvalue weighted by Gasteiger charge is 2.34. The van der Waals surface area contributed by atoms with Gasteiger partial charge >= 0.3 is 0 Å². The van der Waals surface area contributed by atoms with E-state index in [1.165, 1.54) is 17.5 Å². The molecule has 1 unspecified atom stereocenters. The first-order valence-electron chi connectivity index (χ1n) is 11.6. The summed E-state index contributed by atoms with van der Waals surface area (Å²) in [6.45, 7) is 6.89. The van der Waals surface area contributed by atoms with E-state index in [4.69, 9.17) is 0 Å². The Labute approximate surface area is 207 Å². The minimum Gasteiger partial charge on any atom is -0.359 e. The molecule has 0 saturated carbocycles. The maximum absolute atomic E-state index is 13.2. The van der Waals surface area contributed by atoms with Crippen LogP contribution < -0.4 is 0 Å². The fourth-order valence-electron chi connectivity index (χ4n) is 4.19. The van der Waals surface area contributed by atoms with Gasteiger partial charge in [0, 0.05) is 60.8 Å². The van der Waals surface area contributed by atoms with Crippen LogP contribution in [0, 0.1) is 0 Å². The molecule has 180 valence electrons. The molecule has 3 aromatic heterocycles. The number of thiazole rings is 1. The number of carbonyl (C=O) groups excluding carboxylic acids is 3. The molecule has 1 atom stereocenters. The summed E-state index contributed by atoms with van der Waals surface area (Å²) in [5, 5.41) is 2.69. The highest BCUT2D eigenvalue weighted by molar-refractivity contribution is 7.13. The largest absolute Gasteiger partial charge is 0.359 e. The molecule has 0 bridgehead atoms. The van der Waals surface area contributed by atoms with Gasteiger partial charge in [-0.3, -0.25) is 19.4 Å². The van der Waals surface area contributed by atoms with Crippen molar-refractivity contribution in [2.75, 3.05) is 19.6 Å². The number of Topliss-reactive ketones (excluding diaryl/α,β-unsaturated/α-hetero) is 1. The molecule has 1 fully saturated rings. The number of piperazine rings is 1. The van der Waals surface area contributed by atoms with Crippen LogP contribution in [0.3, 0.4) is 0 Å². The van der Waals surface area contributed by atoms with E-state index in [9.17, 15) is 14.4 Å². The molecular weight excluding hydrogens is 462 g/mol. The summed E-state index contributed by atoms with van der Waals surface area (Å²) < 4.78 is 0. The number of carbonyl (C=O) groups is 3. The van der Waals surface area contributed by atoms with Crippen LogP contribution in [-0.4, -0.2) is 68.0 Å². The molecule has 4 aromatic rings. The number of benzene rings is 1. The Balaban J connectivity index is 0.00000141. The molecule has 1 aromatic carbocycles. The van der Waals surface area contributed by atoms with E-state index >= 15 is 0 Å². The van der Waals surface area contributed by atoms with Crippen LogP contribution in [-0.2, 0) is 4.79 Å². The maximum Gasteiger partial charge on any atom is 0.295 e. The molecule has 0 radical (unpaired) electrons. The Morgan fingerprint density at radius 1 is 1.03 bits per heavy atom. The zero-order valence-corrected chi connectivity index (χ0v) is 20.7. The quantitative estimate of drug-likeness (QED) is 0.341. The van der Waals surface area contributed by atoms with E-state index in [1.54, 1.807) is 34.3 Å². The van der Waals surface area contributed by atoms with Gasteiger partial charge in [-0.05, 0) is 25.1 Å². The number of nitrogens with one attached hydrogen (secondary N) is 1. The van der Waals surface area contributed by atoms with Crippen molar-refractivity contribution in [2.24, 2.45) is 0 Å². The highest BCUT2D eigenvalue weighted by atomic mass is 32.1. The molecule has 0 spiro atoms. The smallest absolute Gasteiger partial charge is 0.295 e. The Kier molecular flexibility index (Phi) is 7.36. The molecule has 1 N–H and O–H groups in total. The van der Waals surface area contributed by atoms with E-state index in [-0.39, 0.29) is 17.5 Å². The number of H-pyrrole nitrogens is 1. The minimum atomic E-state index is -0.611. The molecule has 35 heavy (non-hydrogen) atoms. The predicted molar refractivity (Wildman–Crippen MR) is 136 cm³/mol. The topological polar surface area (TPSA) is 99.3 Å². The van der Waals surface area contributed by atoms with Crippen molar-refractivity contribution in [1.82, 2.24) is 24.8 Å². The van der Waals surface area contributed by atoms with E-state index in [0.29, 0.717) is 36.2 Å². The van der Waals surface area contributed by atoms with Gasteiger partial charge in [-0.2, -0.15) is 0 Å². The number of rotatable bonds is 4. The van der Waals surface area contributed by atoms with E-state index in [0.717, 1.165) is 10.6 Å². The average molecular weight is 490 g/mol. The van der Waals surface area contributed by atoms with Crippen molar-refractivity contribution < 1.29 is 14.4 Å². The molecule has 2 amide bonds. The molecule has 1 aliphatic heterocycles. The molecule has 5 rings (SSSR count). The van der Waals surface area contributed by atoms with Gasteiger partial charge < -0.3 is 14.8 Å². The van der Waals surface area contributed by atoms with Crippen molar-refractivity contribution in [3.05, 3.63) is 71.5 Å². The van der Waals surface area contributed by atoms with Crippen LogP contribution in [0.5, 0.6) is 0 Å². The van der Waals surface area contributed by atoms with Crippen LogP contribution in [0.15, 0.2) is 60.4 Å². The third-order valence-corrected chi connectivity index (χ3v) is 6.67. The van der Waals surface area contributed by atoms with E-state index in [2.05, 4.69) is 15.0 Å². The lowest BCUT2D eigenvalue weighted by atomic mass is 10.1. The van der Waals surface area contributed by atoms with Crippen molar-refractivity contribution in [3.63, 3.8) is 0 Å².